The summed E-state index contributed by atoms with van der Waals surface area (Å²) in [7, 11) is 0. The summed E-state index contributed by atoms with van der Waals surface area (Å²) in [5, 5.41) is 3.04. The molecule has 4 rings (SSSR count). The first-order chi connectivity index (χ1) is 11.8. The molecule has 0 saturated heterocycles. The van der Waals surface area contributed by atoms with Crippen LogP contribution in [0, 0.1) is 0 Å². The fraction of sp³-hybridized carbons (Fsp3) is 0.316. The number of hydrogen-bond acceptors (Lipinski definition) is 3. The summed E-state index contributed by atoms with van der Waals surface area (Å²) in [6, 6.07) is 11.9. The molecule has 1 aliphatic carbocycles. The molecular weight excluding hydrogens is 300 g/mol. The van der Waals surface area contributed by atoms with Crippen molar-refractivity contribution in [2.24, 2.45) is 0 Å². The van der Waals surface area contributed by atoms with Gasteiger partial charge >= 0.3 is 0 Å². The summed E-state index contributed by atoms with van der Waals surface area (Å²) in [6.07, 6.45) is 4.96. The van der Waals surface area contributed by atoms with Gasteiger partial charge in [-0.05, 0) is 43.5 Å². The van der Waals surface area contributed by atoms with Crippen LogP contribution in [0.15, 0.2) is 42.6 Å². The van der Waals surface area contributed by atoms with Crippen molar-refractivity contribution in [1.29, 1.82) is 0 Å². The third-order valence-corrected chi connectivity index (χ3v) is 4.25. The van der Waals surface area contributed by atoms with Gasteiger partial charge in [-0.15, -0.1) is 0 Å². The van der Waals surface area contributed by atoms with Crippen LogP contribution >= 0.6 is 0 Å². The minimum absolute atomic E-state index is 0.00405. The number of hydrogen-bond donors (Lipinski definition) is 1. The number of imidazole rings is 1. The Bertz CT molecular complexity index is 895. The number of aryl methyl sites for hydroxylation is 1. The van der Waals surface area contributed by atoms with E-state index >= 15 is 0 Å². The number of aromatic nitrogens is 3. The number of nitrogens with zero attached hydrogens (tertiary/aromatic N) is 3. The lowest BCUT2D eigenvalue weighted by molar-refractivity contribution is 0.0951. The molecule has 5 nitrogen and oxygen atoms in total. The fourth-order valence-corrected chi connectivity index (χ4v) is 2.91. The molecule has 1 N–H and O–H groups in total. The first kappa shape index (κ1) is 14.9. The number of amides is 1. The van der Waals surface area contributed by atoms with Gasteiger partial charge in [0, 0.05) is 29.9 Å². The Balaban J connectivity index is 1.76. The predicted molar refractivity (Wildman–Crippen MR) is 93.7 cm³/mol. The summed E-state index contributed by atoms with van der Waals surface area (Å²) in [6.45, 7) is 2.99. The Morgan fingerprint density at radius 3 is 2.96 bits per heavy atom. The molecule has 1 aromatic carbocycles. The number of rotatable bonds is 5. The zero-order chi connectivity index (χ0) is 16.5. The molecule has 3 aromatic rings. The van der Waals surface area contributed by atoms with Crippen LogP contribution in [0.2, 0.25) is 0 Å². The molecule has 0 atom stereocenters. The minimum atomic E-state index is -0.00405. The third kappa shape index (κ3) is 2.77. The standard InChI is InChI=1S/C19H20N4O/c1-2-11-23-17(22-16-7-4-10-20-18(16)23)13-5-3-6-14(12-13)19(24)21-15-8-9-15/h3-7,10,12,15H,2,8-9,11H2,1H3,(H,21,24). The average Bonchev–Trinajstić information content (AvgIpc) is 3.35. The van der Waals surface area contributed by atoms with E-state index in [2.05, 4.69) is 21.8 Å². The van der Waals surface area contributed by atoms with Gasteiger partial charge in [0.25, 0.3) is 5.91 Å². The maximum atomic E-state index is 12.3. The molecule has 0 spiro atoms. The predicted octanol–water partition coefficient (Wildman–Crippen LogP) is 3.40. The quantitative estimate of drug-likeness (QED) is 0.784. The molecule has 0 radical (unpaired) electrons. The van der Waals surface area contributed by atoms with E-state index in [1.54, 1.807) is 6.20 Å². The van der Waals surface area contributed by atoms with Crippen LogP contribution in [0.5, 0.6) is 0 Å². The van der Waals surface area contributed by atoms with Gasteiger partial charge in [-0.2, -0.15) is 0 Å². The molecule has 2 aromatic heterocycles. The lowest BCUT2D eigenvalue weighted by Crippen LogP contribution is -2.25. The Kier molecular flexibility index (Phi) is 3.76. The van der Waals surface area contributed by atoms with Gasteiger partial charge in [-0.3, -0.25) is 4.79 Å². The third-order valence-electron chi connectivity index (χ3n) is 4.25. The summed E-state index contributed by atoms with van der Waals surface area (Å²) in [4.78, 5) is 21.5. The molecule has 1 amide bonds. The monoisotopic (exact) mass is 320 g/mol. The summed E-state index contributed by atoms with van der Waals surface area (Å²) in [5.74, 6) is 0.863. The van der Waals surface area contributed by atoms with E-state index in [9.17, 15) is 4.79 Å². The normalized spacial score (nSPS) is 14.0. The summed E-state index contributed by atoms with van der Waals surface area (Å²) >= 11 is 0. The van der Waals surface area contributed by atoms with E-state index in [0.29, 0.717) is 11.6 Å². The van der Waals surface area contributed by atoms with E-state index in [1.807, 2.05) is 36.4 Å². The van der Waals surface area contributed by atoms with E-state index in [0.717, 1.165) is 48.4 Å². The second kappa shape index (κ2) is 6.07. The first-order valence-electron chi connectivity index (χ1n) is 8.49. The number of benzene rings is 1. The lowest BCUT2D eigenvalue weighted by Gasteiger charge is -2.09. The lowest BCUT2D eigenvalue weighted by atomic mass is 10.1. The molecular formula is C19H20N4O. The summed E-state index contributed by atoms with van der Waals surface area (Å²) < 4.78 is 2.13. The van der Waals surface area contributed by atoms with Crippen LogP contribution in [0.25, 0.3) is 22.6 Å². The Morgan fingerprint density at radius 2 is 2.17 bits per heavy atom. The maximum Gasteiger partial charge on any atom is 0.251 e. The molecule has 1 fully saturated rings. The highest BCUT2D eigenvalue weighted by atomic mass is 16.1. The topological polar surface area (TPSA) is 59.8 Å². The molecule has 0 aliphatic heterocycles. The number of pyridine rings is 1. The van der Waals surface area contributed by atoms with Crippen LogP contribution in [0.1, 0.15) is 36.5 Å². The molecule has 24 heavy (non-hydrogen) atoms. The Hall–Kier alpha value is -2.69. The highest BCUT2D eigenvalue weighted by molar-refractivity contribution is 5.95. The van der Waals surface area contributed by atoms with Gasteiger partial charge in [0.05, 0.1) is 0 Å². The van der Waals surface area contributed by atoms with E-state index in [1.165, 1.54) is 0 Å². The van der Waals surface area contributed by atoms with Crippen molar-refractivity contribution < 1.29 is 4.79 Å². The second-order valence-electron chi connectivity index (χ2n) is 6.26. The largest absolute Gasteiger partial charge is 0.349 e. The van der Waals surface area contributed by atoms with Gasteiger partial charge in [-0.1, -0.05) is 19.1 Å². The van der Waals surface area contributed by atoms with Crippen molar-refractivity contribution in [2.75, 3.05) is 0 Å². The minimum Gasteiger partial charge on any atom is -0.349 e. The van der Waals surface area contributed by atoms with Crippen LogP contribution in [0.4, 0.5) is 0 Å². The zero-order valence-corrected chi connectivity index (χ0v) is 13.7. The molecule has 122 valence electrons. The molecule has 1 saturated carbocycles. The number of carbonyl (C=O) groups is 1. The highest BCUT2D eigenvalue weighted by Crippen LogP contribution is 2.25. The molecule has 0 unspecified atom stereocenters. The Morgan fingerprint density at radius 1 is 1.29 bits per heavy atom. The van der Waals surface area contributed by atoms with E-state index < -0.39 is 0 Å². The molecule has 2 heterocycles. The van der Waals surface area contributed by atoms with Crippen LogP contribution < -0.4 is 5.32 Å². The smallest absolute Gasteiger partial charge is 0.251 e. The Labute approximate surface area is 140 Å². The summed E-state index contributed by atoms with van der Waals surface area (Å²) in [5.41, 5.74) is 3.41. The molecule has 1 aliphatic rings. The SMILES string of the molecule is CCCn1c(-c2cccc(C(=O)NC3CC3)c2)nc2cccnc21. The van der Waals surface area contributed by atoms with Crippen molar-refractivity contribution in [3.8, 4) is 11.4 Å². The number of carbonyl (C=O) groups excluding carboxylic acids is 1. The average molecular weight is 320 g/mol. The van der Waals surface area contributed by atoms with E-state index in [-0.39, 0.29) is 5.91 Å². The van der Waals surface area contributed by atoms with Crippen molar-refractivity contribution in [2.45, 2.75) is 38.8 Å². The molecule has 5 heteroatoms. The molecule has 0 bridgehead atoms. The first-order valence-corrected chi connectivity index (χ1v) is 8.49. The van der Waals surface area contributed by atoms with Crippen LogP contribution in [0.3, 0.4) is 0 Å². The van der Waals surface area contributed by atoms with Gasteiger partial charge in [0.2, 0.25) is 0 Å². The van der Waals surface area contributed by atoms with Crippen LogP contribution in [-0.2, 0) is 6.54 Å². The van der Waals surface area contributed by atoms with Crippen LogP contribution in [-0.4, -0.2) is 26.5 Å². The number of nitrogens with one attached hydrogen (secondary N) is 1. The fourth-order valence-electron chi connectivity index (χ4n) is 2.91. The number of fused-ring (bicyclic) bond motifs is 1. The van der Waals surface area contributed by atoms with Crippen molar-refractivity contribution in [3.63, 3.8) is 0 Å². The zero-order valence-electron chi connectivity index (χ0n) is 13.7. The van der Waals surface area contributed by atoms with Crippen molar-refractivity contribution >= 4 is 17.1 Å². The maximum absolute atomic E-state index is 12.3. The van der Waals surface area contributed by atoms with Gasteiger partial charge in [0.1, 0.15) is 11.3 Å². The van der Waals surface area contributed by atoms with Crippen molar-refractivity contribution in [1.82, 2.24) is 19.9 Å². The van der Waals surface area contributed by atoms with E-state index in [4.69, 9.17) is 4.98 Å². The second-order valence-corrected chi connectivity index (χ2v) is 6.26. The van der Waals surface area contributed by atoms with Gasteiger partial charge < -0.3 is 9.88 Å². The van der Waals surface area contributed by atoms with Gasteiger partial charge in [-0.25, -0.2) is 9.97 Å². The van der Waals surface area contributed by atoms with Gasteiger partial charge in [0.15, 0.2) is 5.65 Å². The van der Waals surface area contributed by atoms with Crippen molar-refractivity contribution in [3.05, 3.63) is 48.2 Å². The highest BCUT2D eigenvalue weighted by Gasteiger charge is 2.24.